The first-order valence-corrected chi connectivity index (χ1v) is 3.48. The van der Waals surface area contributed by atoms with Crippen LogP contribution in [0.5, 0.6) is 0 Å². The molecule has 0 amide bonds. The molecule has 0 aromatic heterocycles. The molecule has 0 rings (SSSR count). The fourth-order valence-electron chi connectivity index (χ4n) is 0.382. The van der Waals surface area contributed by atoms with Crippen molar-refractivity contribution in [1.29, 1.82) is 0 Å². The summed E-state index contributed by atoms with van der Waals surface area (Å²) in [5, 5.41) is 5.98. The first-order valence-electron chi connectivity index (χ1n) is 3.10. The molecule has 62 valence electrons. The lowest BCUT2D eigenvalue weighted by atomic mass is 10.4. The number of rotatable bonds is 3. The summed E-state index contributed by atoms with van der Waals surface area (Å²) in [5.74, 6) is 0. The van der Waals surface area contributed by atoms with Gasteiger partial charge in [-0.2, -0.15) is 5.10 Å². The molecule has 0 atom stereocenters. The Balaban J connectivity index is 4.08. The smallest absolute Gasteiger partial charge is 0.131 e. The minimum Gasteiger partial charge on any atom is -0.303 e. The van der Waals surface area contributed by atoms with E-state index in [0.29, 0.717) is 10.7 Å². The van der Waals surface area contributed by atoms with E-state index in [1.165, 1.54) is 0 Å². The lowest BCUT2D eigenvalue weighted by molar-refractivity contribution is 0.440. The molecule has 0 spiro atoms. The van der Waals surface area contributed by atoms with E-state index < -0.39 is 0 Å². The van der Waals surface area contributed by atoms with Crippen LogP contribution in [-0.2, 0) is 0 Å². The molecule has 0 aromatic rings. The Morgan fingerprint density at radius 3 is 2.45 bits per heavy atom. The van der Waals surface area contributed by atoms with Crippen LogP contribution in [0, 0.1) is 0 Å². The molecule has 0 unspecified atom stereocenters. The lowest BCUT2D eigenvalue weighted by Crippen LogP contribution is -2.04. The molecule has 0 saturated carbocycles. The van der Waals surface area contributed by atoms with Crippen LogP contribution in [0.25, 0.3) is 0 Å². The van der Waals surface area contributed by atoms with Gasteiger partial charge in [-0.15, -0.1) is 0 Å². The minimum absolute atomic E-state index is 0.385. The zero-order valence-electron chi connectivity index (χ0n) is 7.00. The maximum atomic E-state index is 5.64. The van der Waals surface area contributed by atoms with E-state index in [2.05, 4.69) is 16.7 Å². The normalized spacial score (nSPS) is 12.2. The van der Waals surface area contributed by atoms with Gasteiger partial charge < -0.3 is 5.01 Å². The molecular weight excluding hydrogens is 162 g/mol. The first kappa shape index (κ1) is 10.2. The van der Waals surface area contributed by atoms with E-state index >= 15 is 0 Å². The van der Waals surface area contributed by atoms with Gasteiger partial charge in [-0.25, -0.2) is 0 Å². The second kappa shape index (κ2) is 4.91. The number of aliphatic imine (C=N–C) groups is 1. The van der Waals surface area contributed by atoms with Gasteiger partial charge in [0.25, 0.3) is 0 Å². The van der Waals surface area contributed by atoms with Crippen molar-refractivity contribution in [3.63, 3.8) is 0 Å². The highest BCUT2D eigenvalue weighted by atomic mass is 35.5. The fraction of sp³-hybridized carbons (Fsp3) is 0.429. The molecule has 0 aliphatic carbocycles. The number of halogens is 1. The summed E-state index contributed by atoms with van der Waals surface area (Å²) in [7, 11) is 5.25. The number of nitrogens with zero attached hydrogens (tertiary/aromatic N) is 3. The molecule has 4 heteroatoms. The Kier molecular flexibility index (Phi) is 4.54. The van der Waals surface area contributed by atoms with Gasteiger partial charge in [0.15, 0.2) is 0 Å². The van der Waals surface area contributed by atoms with Gasteiger partial charge >= 0.3 is 0 Å². The first-order chi connectivity index (χ1) is 5.07. The average Bonchev–Trinajstić information content (AvgIpc) is 1.98. The summed E-state index contributed by atoms with van der Waals surface area (Å²) in [5.41, 5.74) is 0.614. The van der Waals surface area contributed by atoms with Gasteiger partial charge in [-0.3, -0.25) is 4.99 Å². The van der Waals surface area contributed by atoms with Crippen LogP contribution >= 0.6 is 11.6 Å². The Morgan fingerprint density at radius 2 is 2.09 bits per heavy atom. The molecule has 0 radical (unpaired) electrons. The minimum atomic E-state index is 0.385. The third-order valence-electron chi connectivity index (χ3n) is 0.906. The molecule has 0 saturated heterocycles. The highest BCUT2D eigenvalue weighted by Crippen LogP contribution is 1.96. The number of hydrogen-bond donors (Lipinski definition) is 0. The summed E-state index contributed by atoms with van der Waals surface area (Å²) in [6.45, 7) is 3.66. The largest absolute Gasteiger partial charge is 0.303 e. The zero-order chi connectivity index (χ0) is 8.85. The Labute approximate surface area is 72.1 Å². The molecule has 0 fully saturated rings. The van der Waals surface area contributed by atoms with E-state index in [9.17, 15) is 0 Å². The summed E-state index contributed by atoms with van der Waals surface area (Å²) >= 11 is 5.64. The van der Waals surface area contributed by atoms with Crippen molar-refractivity contribution in [2.24, 2.45) is 10.1 Å². The molecule has 0 bridgehead atoms. The number of allylic oxidation sites excluding steroid dienone is 1. The summed E-state index contributed by atoms with van der Waals surface area (Å²) in [6, 6.07) is 0. The van der Waals surface area contributed by atoms with E-state index in [1.54, 1.807) is 18.3 Å². The highest BCUT2D eigenvalue weighted by Gasteiger charge is 1.94. The average molecular weight is 174 g/mol. The zero-order valence-corrected chi connectivity index (χ0v) is 7.76. The third-order valence-corrected chi connectivity index (χ3v) is 1.32. The summed E-state index contributed by atoms with van der Waals surface area (Å²) in [6.07, 6.45) is 1.56. The lowest BCUT2D eigenvalue weighted by Gasteiger charge is -2.02. The Morgan fingerprint density at radius 1 is 1.55 bits per heavy atom. The van der Waals surface area contributed by atoms with Crippen LogP contribution in [-0.4, -0.2) is 37.5 Å². The highest BCUT2D eigenvalue weighted by molar-refractivity contribution is 6.71. The summed E-state index contributed by atoms with van der Waals surface area (Å²) in [4.78, 5) is 3.74. The van der Waals surface area contributed by atoms with Gasteiger partial charge in [-0.05, 0) is 0 Å². The van der Waals surface area contributed by atoms with Crippen LogP contribution in [0.2, 0.25) is 0 Å². The van der Waals surface area contributed by atoms with Gasteiger partial charge in [-0.1, -0.05) is 18.2 Å². The van der Waals surface area contributed by atoms with Gasteiger partial charge in [0.2, 0.25) is 0 Å². The number of hydrazone groups is 1. The van der Waals surface area contributed by atoms with Crippen molar-refractivity contribution in [2.75, 3.05) is 21.1 Å². The predicted molar refractivity (Wildman–Crippen MR) is 50.5 cm³/mol. The molecule has 0 aromatic carbocycles. The molecule has 0 heterocycles. The maximum absolute atomic E-state index is 5.64. The topological polar surface area (TPSA) is 28.0 Å². The Bertz CT molecular complexity index is 194. The van der Waals surface area contributed by atoms with Crippen LogP contribution in [0.1, 0.15) is 0 Å². The van der Waals surface area contributed by atoms with Crippen molar-refractivity contribution in [3.8, 4) is 0 Å². The SMILES string of the molecule is C=C(/C=N\N(C)C)C(Cl)=NC. The number of hydrogen-bond acceptors (Lipinski definition) is 3. The standard InChI is InChI=1S/C7H12ClN3/c1-6(7(8)9-2)5-10-11(3)4/h5H,1H2,2-4H3/b9-7?,10-5-. The van der Waals surface area contributed by atoms with Gasteiger partial charge in [0.1, 0.15) is 5.17 Å². The fourth-order valence-corrected chi connectivity index (χ4v) is 0.431. The van der Waals surface area contributed by atoms with Crippen molar-refractivity contribution in [1.82, 2.24) is 5.01 Å². The maximum Gasteiger partial charge on any atom is 0.131 e. The van der Waals surface area contributed by atoms with E-state index in [4.69, 9.17) is 11.6 Å². The van der Waals surface area contributed by atoms with Gasteiger partial charge in [0.05, 0.1) is 6.21 Å². The van der Waals surface area contributed by atoms with Crippen molar-refractivity contribution in [3.05, 3.63) is 12.2 Å². The van der Waals surface area contributed by atoms with Crippen LogP contribution in [0.3, 0.4) is 0 Å². The van der Waals surface area contributed by atoms with E-state index in [-0.39, 0.29) is 0 Å². The molecule has 0 N–H and O–H groups in total. The molecule has 3 nitrogen and oxygen atoms in total. The van der Waals surface area contributed by atoms with E-state index in [0.717, 1.165) is 0 Å². The third kappa shape index (κ3) is 4.56. The van der Waals surface area contributed by atoms with Crippen molar-refractivity contribution >= 4 is 23.0 Å². The quantitative estimate of drug-likeness (QED) is 0.468. The Hall–Kier alpha value is -0.830. The second-order valence-corrected chi connectivity index (χ2v) is 2.49. The summed E-state index contributed by atoms with van der Waals surface area (Å²) < 4.78 is 0. The van der Waals surface area contributed by atoms with Crippen molar-refractivity contribution < 1.29 is 0 Å². The molecule has 11 heavy (non-hydrogen) atoms. The molecular formula is C7H12ClN3. The van der Waals surface area contributed by atoms with Crippen LogP contribution < -0.4 is 0 Å². The van der Waals surface area contributed by atoms with Gasteiger partial charge in [0, 0.05) is 26.7 Å². The predicted octanol–water partition coefficient (Wildman–Crippen LogP) is 1.36. The van der Waals surface area contributed by atoms with E-state index in [1.807, 2.05) is 14.1 Å². The van der Waals surface area contributed by atoms with Crippen LogP contribution in [0.4, 0.5) is 0 Å². The van der Waals surface area contributed by atoms with Crippen molar-refractivity contribution in [2.45, 2.75) is 0 Å². The molecule has 0 aliphatic rings. The second-order valence-electron chi connectivity index (χ2n) is 2.13. The van der Waals surface area contributed by atoms with Crippen LogP contribution in [0.15, 0.2) is 22.2 Å². The monoisotopic (exact) mass is 173 g/mol. The molecule has 0 aliphatic heterocycles.